The first-order chi connectivity index (χ1) is 9.88. The van der Waals surface area contributed by atoms with Crippen molar-refractivity contribution in [1.82, 2.24) is 0 Å². The van der Waals surface area contributed by atoms with Crippen LogP contribution in [-0.2, 0) is 11.2 Å². The minimum Gasteiger partial charge on any atom is -0.550 e. The molecule has 2 aromatic carbocycles. The van der Waals surface area contributed by atoms with Crippen LogP contribution in [0.25, 0.3) is 0 Å². The van der Waals surface area contributed by atoms with E-state index in [-0.39, 0.29) is 51.9 Å². The number of nitrogens with two attached hydrogens (primary N) is 1. The molecule has 0 saturated carbocycles. The Balaban J connectivity index is 0.00000242. The van der Waals surface area contributed by atoms with Gasteiger partial charge in [0, 0.05) is 29.2 Å². The molecule has 2 rings (SSSR count). The Hall–Kier alpha value is -1.76. The average Bonchev–Trinajstić information content (AvgIpc) is 2.42. The minimum atomic E-state index is -1.44. The summed E-state index contributed by atoms with van der Waals surface area (Å²) in [5.74, 6) is -3.36. The fraction of sp³-hybridized carbons (Fsp3) is 0.0667. The Morgan fingerprint density at radius 2 is 1.64 bits per heavy atom. The van der Waals surface area contributed by atoms with Crippen molar-refractivity contribution in [2.75, 3.05) is 5.73 Å². The van der Waals surface area contributed by atoms with Crippen LogP contribution in [0.15, 0.2) is 36.4 Å². The van der Waals surface area contributed by atoms with Crippen molar-refractivity contribution in [2.45, 2.75) is 6.42 Å². The first-order valence-corrected chi connectivity index (χ1v) is 5.96. The summed E-state index contributed by atoms with van der Waals surface area (Å²) in [6.45, 7) is 0. The Morgan fingerprint density at radius 1 is 1.05 bits per heavy atom. The Bertz CT molecular complexity index is 717. The first kappa shape index (κ1) is 18.3. The summed E-state index contributed by atoms with van der Waals surface area (Å²) in [6, 6.07) is 6.50. The van der Waals surface area contributed by atoms with E-state index in [1.54, 1.807) is 0 Å². The molecule has 0 aromatic heterocycles. The number of rotatable bonds is 4. The monoisotopic (exact) mass is 313 g/mol. The predicted molar refractivity (Wildman–Crippen MR) is 69.4 cm³/mol. The van der Waals surface area contributed by atoms with Crippen LogP contribution in [0.4, 0.5) is 14.5 Å². The van der Waals surface area contributed by atoms with Crippen molar-refractivity contribution >= 4 is 17.4 Å². The number of ketones is 1. The summed E-state index contributed by atoms with van der Waals surface area (Å²) in [5.41, 5.74) is 5.49. The fourth-order valence-corrected chi connectivity index (χ4v) is 1.92. The zero-order valence-corrected chi connectivity index (χ0v) is 13.7. The van der Waals surface area contributed by atoms with Gasteiger partial charge in [-0.15, -0.1) is 0 Å². The third-order valence-electron chi connectivity index (χ3n) is 2.92. The normalized spacial score (nSPS) is 9.91. The molecule has 2 aromatic rings. The van der Waals surface area contributed by atoms with Crippen LogP contribution >= 0.6 is 0 Å². The van der Waals surface area contributed by atoms with Crippen molar-refractivity contribution < 1.29 is 53.0 Å². The number of hydrogen-bond acceptors (Lipinski definition) is 4. The van der Waals surface area contributed by atoms with Crippen molar-refractivity contribution in [1.29, 1.82) is 0 Å². The van der Waals surface area contributed by atoms with Gasteiger partial charge in [-0.3, -0.25) is 4.79 Å². The molecule has 22 heavy (non-hydrogen) atoms. The summed E-state index contributed by atoms with van der Waals surface area (Å²) in [6.07, 6.45) is -0.604. The number of halogens is 2. The number of carbonyl (C=O) groups is 2. The van der Waals surface area contributed by atoms with Crippen LogP contribution in [0.2, 0.25) is 0 Å². The topological polar surface area (TPSA) is 83.2 Å². The number of nitrogen functional groups attached to an aromatic ring is 1. The summed E-state index contributed by atoms with van der Waals surface area (Å²) >= 11 is 0. The molecule has 0 bridgehead atoms. The van der Waals surface area contributed by atoms with Gasteiger partial charge in [-0.1, -0.05) is 0 Å². The number of benzene rings is 2. The Morgan fingerprint density at radius 3 is 2.18 bits per heavy atom. The quantitative estimate of drug-likeness (QED) is 0.405. The van der Waals surface area contributed by atoms with Gasteiger partial charge in [0.15, 0.2) is 5.78 Å². The number of carbonyl (C=O) groups excluding carboxylic acids is 2. The van der Waals surface area contributed by atoms with Crippen LogP contribution in [0, 0.1) is 11.6 Å². The second-order valence-corrected chi connectivity index (χ2v) is 4.41. The van der Waals surface area contributed by atoms with Crippen molar-refractivity contribution in [3.8, 4) is 0 Å². The SMILES string of the molecule is Nc1c(CC(=O)[O-])cc(F)cc1C(=O)c1ccc(F)cc1.[Na+]. The van der Waals surface area contributed by atoms with E-state index in [9.17, 15) is 23.5 Å². The summed E-state index contributed by atoms with van der Waals surface area (Å²) in [5, 5.41) is 10.6. The molecule has 0 aliphatic heterocycles. The summed E-state index contributed by atoms with van der Waals surface area (Å²) < 4.78 is 26.4. The molecule has 0 heterocycles. The Kier molecular flexibility index (Phi) is 6.22. The van der Waals surface area contributed by atoms with E-state index in [4.69, 9.17) is 5.73 Å². The van der Waals surface area contributed by atoms with E-state index >= 15 is 0 Å². The second-order valence-electron chi connectivity index (χ2n) is 4.41. The van der Waals surface area contributed by atoms with Crippen LogP contribution in [0.3, 0.4) is 0 Å². The third-order valence-corrected chi connectivity index (χ3v) is 2.92. The van der Waals surface area contributed by atoms with E-state index < -0.39 is 29.8 Å². The van der Waals surface area contributed by atoms with E-state index in [2.05, 4.69) is 0 Å². The molecule has 2 N–H and O–H groups in total. The molecule has 108 valence electrons. The maximum absolute atomic E-state index is 13.5. The molecule has 0 atom stereocenters. The van der Waals surface area contributed by atoms with Crippen molar-refractivity contribution in [3.05, 3.63) is 64.7 Å². The van der Waals surface area contributed by atoms with Crippen LogP contribution < -0.4 is 40.4 Å². The van der Waals surface area contributed by atoms with Gasteiger partial charge in [0.1, 0.15) is 11.6 Å². The largest absolute Gasteiger partial charge is 1.00 e. The number of hydrogen-bond donors (Lipinski definition) is 1. The first-order valence-electron chi connectivity index (χ1n) is 5.96. The molecular formula is C15H10F2NNaO3. The van der Waals surface area contributed by atoms with E-state index in [0.717, 1.165) is 24.3 Å². The smallest absolute Gasteiger partial charge is 0.550 e. The zero-order chi connectivity index (χ0) is 15.6. The maximum atomic E-state index is 13.5. The van der Waals surface area contributed by atoms with Crippen molar-refractivity contribution in [3.63, 3.8) is 0 Å². The van der Waals surface area contributed by atoms with Gasteiger partial charge in [0.2, 0.25) is 0 Å². The summed E-state index contributed by atoms with van der Waals surface area (Å²) in [4.78, 5) is 22.8. The molecule has 4 nitrogen and oxygen atoms in total. The van der Waals surface area contributed by atoms with E-state index in [1.807, 2.05) is 0 Å². The fourth-order valence-electron chi connectivity index (χ4n) is 1.92. The molecule has 0 spiro atoms. The molecule has 0 fully saturated rings. The molecule has 0 radical (unpaired) electrons. The third kappa shape index (κ3) is 4.13. The maximum Gasteiger partial charge on any atom is 1.00 e. The molecular weight excluding hydrogens is 303 g/mol. The van der Waals surface area contributed by atoms with Gasteiger partial charge in [-0.2, -0.15) is 0 Å². The van der Waals surface area contributed by atoms with Gasteiger partial charge in [-0.25, -0.2) is 8.78 Å². The second kappa shape index (κ2) is 7.49. The van der Waals surface area contributed by atoms with E-state index in [1.165, 1.54) is 12.1 Å². The van der Waals surface area contributed by atoms with Crippen LogP contribution in [0.1, 0.15) is 21.5 Å². The average molecular weight is 313 g/mol. The molecule has 0 amide bonds. The van der Waals surface area contributed by atoms with Gasteiger partial charge >= 0.3 is 29.6 Å². The van der Waals surface area contributed by atoms with Crippen LogP contribution in [-0.4, -0.2) is 11.8 Å². The molecule has 0 aliphatic rings. The molecule has 0 aliphatic carbocycles. The van der Waals surface area contributed by atoms with E-state index in [0.29, 0.717) is 0 Å². The van der Waals surface area contributed by atoms with Crippen molar-refractivity contribution in [2.24, 2.45) is 0 Å². The van der Waals surface area contributed by atoms with Gasteiger partial charge in [0.25, 0.3) is 0 Å². The summed E-state index contributed by atoms with van der Waals surface area (Å²) in [7, 11) is 0. The number of carboxylic acids is 1. The van der Waals surface area contributed by atoms with Gasteiger partial charge in [0.05, 0.1) is 0 Å². The number of aliphatic carboxylic acids is 1. The van der Waals surface area contributed by atoms with Crippen LogP contribution in [0.5, 0.6) is 0 Å². The standard InChI is InChI=1S/C15H11F2NO3.Na/c16-10-3-1-8(2-4-10)15(21)12-7-11(17)5-9(14(12)18)6-13(19)20;/h1-5,7H,6,18H2,(H,19,20);/q;+1/p-1. The minimum absolute atomic E-state index is 0. The Labute approximate surface area is 147 Å². The molecule has 0 saturated heterocycles. The predicted octanol–water partition coefficient (Wildman–Crippen LogP) is -1.93. The molecule has 7 heteroatoms. The molecule has 0 unspecified atom stereocenters. The van der Waals surface area contributed by atoms with Gasteiger partial charge in [-0.05, 0) is 42.0 Å². The van der Waals surface area contributed by atoms with Gasteiger partial charge < -0.3 is 15.6 Å². The zero-order valence-electron chi connectivity index (χ0n) is 11.7. The number of carboxylic acid groups (broad SMARTS) is 1. The number of anilines is 1.